The minimum absolute atomic E-state index is 0.885. The number of rotatable bonds is 3. The standard InChI is InChI=1S/C15H23N5/c1-3-5-12-6-4-8-20(9-7-12)15-13-10-18-19(2)14(13)16-11-17-15/h10-12H,3-9H2,1-2H3/t12-/m0/s1. The first kappa shape index (κ1) is 13.3. The highest BCUT2D eigenvalue weighted by atomic mass is 15.3. The molecule has 0 aromatic carbocycles. The van der Waals surface area contributed by atoms with Gasteiger partial charge in [0.1, 0.15) is 12.1 Å². The van der Waals surface area contributed by atoms with E-state index in [9.17, 15) is 0 Å². The first-order chi connectivity index (χ1) is 9.79. The summed E-state index contributed by atoms with van der Waals surface area (Å²) in [6.07, 6.45) is 10.1. The molecule has 3 rings (SSSR count). The lowest BCUT2D eigenvalue weighted by Gasteiger charge is -2.22. The second-order valence-electron chi connectivity index (χ2n) is 5.78. The maximum absolute atomic E-state index is 4.52. The van der Waals surface area contributed by atoms with Crippen LogP contribution in [0, 0.1) is 5.92 Å². The molecule has 5 heteroatoms. The smallest absolute Gasteiger partial charge is 0.163 e. The van der Waals surface area contributed by atoms with Gasteiger partial charge in [-0.15, -0.1) is 0 Å². The minimum Gasteiger partial charge on any atom is -0.356 e. The fourth-order valence-electron chi connectivity index (χ4n) is 3.28. The van der Waals surface area contributed by atoms with Crippen LogP contribution in [0.5, 0.6) is 0 Å². The van der Waals surface area contributed by atoms with Crippen LogP contribution in [0.15, 0.2) is 12.5 Å². The molecule has 1 aliphatic rings. The molecular weight excluding hydrogens is 250 g/mol. The summed E-state index contributed by atoms with van der Waals surface area (Å²) in [6.45, 7) is 4.49. The minimum atomic E-state index is 0.885. The average molecular weight is 273 g/mol. The van der Waals surface area contributed by atoms with Crippen molar-refractivity contribution >= 4 is 16.9 Å². The Balaban J connectivity index is 1.84. The van der Waals surface area contributed by atoms with Gasteiger partial charge >= 0.3 is 0 Å². The van der Waals surface area contributed by atoms with E-state index in [1.807, 2.05) is 17.9 Å². The van der Waals surface area contributed by atoms with Crippen molar-refractivity contribution in [1.29, 1.82) is 0 Å². The SMILES string of the molecule is CCC[C@H]1CCCN(c2ncnc3c2cnn3C)CC1. The van der Waals surface area contributed by atoms with Crippen LogP contribution >= 0.6 is 0 Å². The van der Waals surface area contributed by atoms with E-state index in [0.717, 1.165) is 35.9 Å². The molecule has 0 N–H and O–H groups in total. The number of anilines is 1. The van der Waals surface area contributed by atoms with Crippen LogP contribution in [-0.4, -0.2) is 32.8 Å². The fourth-order valence-corrected chi connectivity index (χ4v) is 3.28. The Bertz CT molecular complexity index is 577. The quantitative estimate of drug-likeness (QED) is 0.862. The van der Waals surface area contributed by atoms with Crippen molar-refractivity contribution in [3.05, 3.63) is 12.5 Å². The molecule has 108 valence electrons. The van der Waals surface area contributed by atoms with E-state index in [2.05, 4.69) is 26.9 Å². The van der Waals surface area contributed by atoms with Gasteiger partial charge < -0.3 is 4.90 Å². The highest BCUT2D eigenvalue weighted by Gasteiger charge is 2.20. The lowest BCUT2D eigenvalue weighted by molar-refractivity contribution is 0.435. The number of fused-ring (bicyclic) bond motifs is 1. The van der Waals surface area contributed by atoms with Crippen LogP contribution in [0.2, 0.25) is 0 Å². The van der Waals surface area contributed by atoms with Crippen LogP contribution in [0.4, 0.5) is 5.82 Å². The summed E-state index contributed by atoms with van der Waals surface area (Å²) in [6, 6.07) is 0. The Morgan fingerprint density at radius 3 is 3.00 bits per heavy atom. The number of nitrogens with zero attached hydrogens (tertiary/aromatic N) is 5. The molecule has 0 saturated carbocycles. The molecule has 20 heavy (non-hydrogen) atoms. The Hall–Kier alpha value is -1.65. The number of hydrogen-bond donors (Lipinski definition) is 0. The highest BCUT2D eigenvalue weighted by Crippen LogP contribution is 2.27. The zero-order chi connectivity index (χ0) is 13.9. The lowest BCUT2D eigenvalue weighted by Crippen LogP contribution is -2.25. The normalized spacial score (nSPS) is 20.3. The fraction of sp³-hybridized carbons (Fsp3) is 0.667. The Morgan fingerprint density at radius 1 is 1.25 bits per heavy atom. The molecule has 2 aromatic heterocycles. The summed E-state index contributed by atoms with van der Waals surface area (Å²) in [5.41, 5.74) is 0.921. The van der Waals surface area contributed by atoms with Gasteiger partial charge in [0.25, 0.3) is 0 Å². The van der Waals surface area contributed by atoms with Crippen molar-refractivity contribution in [3.63, 3.8) is 0 Å². The van der Waals surface area contributed by atoms with Crippen LogP contribution < -0.4 is 4.90 Å². The average Bonchev–Trinajstić information content (AvgIpc) is 2.70. The predicted molar refractivity (Wildman–Crippen MR) is 80.8 cm³/mol. The summed E-state index contributed by atoms with van der Waals surface area (Å²) < 4.78 is 1.82. The highest BCUT2D eigenvalue weighted by molar-refractivity contribution is 5.86. The Labute approximate surface area is 120 Å². The summed E-state index contributed by atoms with van der Waals surface area (Å²) in [7, 11) is 1.93. The molecule has 0 spiro atoms. The van der Waals surface area contributed by atoms with Gasteiger partial charge in [-0.3, -0.25) is 4.68 Å². The van der Waals surface area contributed by atoms with E-state index in [-0.39, 0.29) is 0 Å². The number of hydrogen-bond acceptors (Lipinski definition) is 4. The summed E-state index contributed by atoms with van der Waals surface area (Å²) in [4.78, 5) is 11.3. The van der Waals surface area contributed by atoms with Crippen molar-refractivity contribution in [2.24, 2.45) is 13.0 Å². The molecule has 0 unspecified atom stereocenters. The largest absolute Gasteiger partial charge is 0.356 e. The van der Waals surface area contributed by atoms with Gasteiger partial charge in [0, 0.05) is 20.1 Å². The maximum Gasteiger partial charge on any atom is 0.163 e. The summed E-state index contributed by atoms with van der Waals surface area (Å²) >= 11 is 0. The third-order valence-electron chi connectivity index (χ3n) is 4.35. The molecule has 0 amide bonds. The second kappa shape index (κ2) is 5.77. The van der Waals surface area contributed by atoms with E-state index in [1.54, 1.807) is 6.33 Å². The molecule has 1 atom stereocenters. The van der Waals surface area contributed by atoms with Gasteiger partial charge in [-0.25, -0.2) is 9.97 Å². The van der Waals surface area contributed by atoms with Gasteiger partial charge in [-0.1, -0.05) is 19.8 Å². The first-order valence-corrected chi connectivity index (χ1v) is 7.67. The zero-order valence-electron chi connectivity index (χ0n) is 12.4. The van der Waals surface area contributed by atoms with E-state index in [4.69, 9.17) is 0 Å². The van der Waals surface area contributed by atoms with E-state index < -0.39 is 0 Å². The van der Waals surface area contributed by atoms with E-state index >= 15 is 0 Å². The molecular formula is C15H23N5. The summed E-state index contributed by atoms with van der Waals surface area (Å²) in [5.74, 6) is 1.94. The van der Waals surface area contributed by atoms with Crippen molar-refractivity contribution in [3.8, 4) is 0 Å². The van der Waals surface area contributed by atoms with Gasteiger partial charge in [0.15, 0.2) is 5.65 Å². The van der Waals surface area contributed by atoms with Gasteiger partial charge in [-0.2, -0.15) is 5.10 Å². The van der Waals surface area contributed by atoms with Gasteiger partial charge in [0.2, 0.25) is 0 Å². The topological polar surface area (TPSA) is 46.8 Å². The molecule has 3 heterocycles. The second-order valence-corrected chi connectivity index (χ2v) is 5.78. The van der Waals surface area contributed by atoms with Gasteiger partial charge in [0.05, 0.1) is 11.6 Å². The van der Waals surface area contributed by atoms with Crippen molar-refractivity contribution < 1.29 is 0 Å². The lowest BCUT2D eigenvalue weighted by atomic mass is 9.96. The van der Waals surface area contributed by atoms with Crippen LogP contribution in [-0.2, 0) is 7.05 Å². The van der Waals surface area contributed by atoms with Crippen molar-refractivity contribution in [1.82, 2.24) is 19.7 Å². The molecule has 0 radical (unpaired) electrons. The Kier molecular flexibility index (Phi) is 3.85. The number of aryl methyl sites for hydroxylation is 1. The molecule has 2 aromatic rings. The molecule has 1 aliphatic heterocycles. The molecule has 1 fully saturated rings. The maximum atomic E-state index is 4.52. The van der Waals surface area contributed by atoms with Crippen LogP contribution in [0.1, 0.15) is 39.0 Å². The number of aromatic nitrogens is 4. The van der Waals surface area contributed by atoms with E-state index in [1.165, 1.54) is 32.1 Å². The molecule has 1 saturated heterocycles. The van der Waals surface area contributed by atoms with Crippen LogP contribution in [0.3, 0.4) is 0 Å². The van der Waals surface area contributed by atoms with Crippen molar-refractivity contribution in [2.75, 3.05) is 18.0 Å². The van der Waals surface area contributed by atoms with Gasteiger partial charge in [-0.05, 0) is 25.2 Å². The van der Waals surface area contributed by atoms with Crippen molar-refractivity contribution in [2.45, 2.75) is 39.0 Å². The zero-order valence-corrected chi connectivity index (χ0v) is 12.4. The predicted octanol–water partition coefficient (Wildman–Crippen LogP) is 2.77. The Morgan fingerprint density at radius 2 is 2.15 bits per heavy atom. The molecule has 5 nitrogen and oxygen atoms in total. The third-order valence-corrected chi connectivity index (χ3v) is 4.35. The van der Waals surface area contributed by atoms with Crippen LogP contribution in [0.25, 0.3) is 11.0 Å². The third kappa shape index (κ3) is 2.49. The molecule has 0 bridgehead atoms. The monoisotopic (exact) mass is 273 g/mol. The van der Waals surface area contributed by atoms with E-state index in [0.29, 0.717) is 0 Å². The summed E-state index contributed by atoms with van der Waals surface area (Å²) in [5, 5.41) is 5.38. The first-order valence-electron chi connectivity index (χ1n) is 7.67. The molecule has 0 aliphatic carbocycles.